The van der Waals surface area contributed by atoms with Crippen LogP contribution in [0.1, 0.15) is 16.1 Å². The van der Waals surface area contributed by atoms with Crippen LogP contribution in [0.5, 0.6) is 0 Å². The third kappa shape index (κ3) is 3.80. The Morgan fingerprint density at radius 3 is 2.67 bits per heavy atom. The van der Waals surface area contributed by atoms with Gasteiger partial charge in [0.2, 0.25) is 5.78 Å². The summed E-state index contributed by atoms with van der Waals surface area (Å²) in [5.74, 6) is -2.65. The minimum absolute atomic E-state index is 0.0277. The molecule has 0 aliphatic rings. The van der Waals surface area contributed by atoms with E-state index in [0.717, 1.165) is 28.2 Å². The van der Waals surface area contributed by atoms with Crippen molar-refractivity contribution in [2.75, 3.05) is 0 Å². The first-order valence-corrected chi connectivity index (χ1v) is 9.71. The summed E-state index contributed by atoms with van der Waals surface area (Å²) < 4.78 is 8.18. The molecule has 3 aromatic heterocycles. The van der Waals surface area contributed by atoms with Crippen molar-refractivity contribution in [3.8, 4) is 11.4 Å². The Hall–Kier alpha value is -3.92. The number of nitrogens with one attached hydrogen (secondary N) is 2. The van der Waals surface area contributed by atoms with Crippen molar-refractivity contribution in [3.63, 3.8) is 0 Å². The zero-order chi connectivity index (χ0) is 21.1. The SMILES string of the molecule is NC(=O)C(=O)C(Cc1c[nH]c2ccccc12)NC(=O)c1nsnc1-c1ccccn1. The lowest BCUT2D eigenvalue weighted by molar-refractivity contribution is -0.137. The molecule has 0 saturated heterocycles. The Morgan fingerprint density at radius 1 is 1.10 bits per heavy atom. The molecule has 0 bridgehead atoms. The molecule has 1 unspecified atom stereocenters. The van der Waals surface area contributed by atoms with Crippen LogP contribution >= 0.6 is 11.7 Å². The van der Waals surface area contributed by atoms with E-state index in [-0.39, 0.29) is 12.1 Å². The van der Waals surface area contributed by atoms with Gasteiger partial charge in [-0.1, -0.05) is 24.3 Å². The van der Waals surface area contributed by atoms with E-state index in [1.54, 1.807) is 30.6 Å². The maximum absolute atomic E-state index is 12.9. The predicted molar refractivity (Wildman–Crippen MR) is 111 cm³/mol. The molecule has 30 heavy (non-hydrogen) atoms. The first-order chi connectivity index (χ1) is 14.5. The zero-order valence-electron chi connectivity index (χ0n) is 15.5. The van der Waals surface area contributed by atoms with E-state index in [9.17, 15) is 14.4 Å². The highest BCUT2D eigenvalue weighted by Crippen LogP contribution is 2.21. The molecule has 0 aliphatic heterocycles. The smallest absolute Gasteiger partial charge is 0.287 e. The average Bonchev–Trinajstić information content (AvgIpc) is 3.41. The monoisotopic (exact) mass is 420 g/mol. The van der Waals surface area contributed by atoms with Crippen LogP contribution in [0.2, 0.25) is 0 Å². The second-order valence-electron chi connectivity index (χ2n) is 6.49. The number of aromatic nitrogens is 4. The summed E-state index contributed by atoms with van der Waals surface area (Å²) in [5, 5.41) is 3.47. The van der Waals surface area contributed by atoms with Gasteiger partial charge in [0.15, 0.2) is 5.69 Å². The quantitative estimate of drug-likeness (QED) is 0.386. The van der Waals surface area contributed by atoms with Crippen LogP contribution in [0, 0.1) is 0 Å². The van der Waals surface area contributed by atoms with E-state index in [0.29, 0.717) is 11.4 Å². The molecule has 0 saturated carbocycles. The molecule has 10 heteroatoms. The van der Waals surface area contributed by atoms with Gasteiger partial charge in [-0.3, -0.25) is 19.4 Å². The van der Waals surface area contributed by atoms with Crippen molar-refractivity contribution in [1.29, 1.82) is 0 Å². The van der Waals surface area contributed by atoms with Crippen molar-refractivity contribution in [1.82, 2.24) is 24.0 Å². The van der Waals surface area contributed by atoms with Gasteiger partial charge in [0.05, 0.1) is 17.4 Å². The first kappa shape index (κ1) is 19.4. The van der Waals surface area contributed by atoms with Crippen LogP contribution in [0.4, 0.5) is 0 Å². The molecule has 0 aliphatic carbocycles. The molecule has 1 atom stereocenters. The third-order valence-electron chi connectivity index (χ3n) is 4.57. The van der Waals surface area contributed by atoms with Crippen molar-refractivity contribution in [3.05, 3.63) is 66.1 Å². The van der Waals surface area contributed by atoms with Gasteiger partial charge in [0.25, 0.3) is 11.8 Å². The van der Waals surface area contributed by atoms with Crippen LogP contribution < -0.4 is 11.1 Å². The molecule has 4 rings (SSSR count). The fourth-order valence-corrected chi connectivity index (χ4v) is 3.69. The number of pyridine rings is 1. The summed E-state index contributed by atoms with van der Waals surface area (Å²) in [7, 11) is 0. The van der Waals surface area contributed by atoms with Gasteiger partial charge in [-0.2, -0.15) is 8.75 Å². The summed E-state index contributed by atoms with van der Waals surface area (Å²) in [6, 6.07) is 11.6. The van der Waals surface area contributed by atoms with E-state index in [1.165, 1.54) is 0 Å². The highest BCUT2D eigenvalue weighted by molar-refractivity contribution is 6.99. The highest BCUT2D eigenvalue weighted by atomic mass is 32.1. The largest absolute Gasteiger partial charge is 0.363 e. The maximum Gasteiger partial charge on any atom is 0.287 e. The molecular formula is C20H16N6O3S. The third-order valence-corrected chi connectivity index (χ3v) is 5.10. The molecule has 150 valence electrons. The Morgan fingerprint density at radius 2 is 1.90 bits per heavy atom. The standard InChI is InChI=1S/C20H16N6O3S/c21-19(28)18(27)15(9-11-10-23-13-6-2-1-5-12(11)13)24-20(29)17-16(25-30-26-17)14-7-3-4-8-22-14/h1-8,10,15,23H,9H2,(H2,21,28)(H,24,29). The summed E-state index contributed by atoms with van der Waals surface area (Å²) >= 11 is 0.856. The van der Waals surface area contributed by atoms with Crippen molar-refractivity contribution in [2.24, 2.45) is 5.73 Å². The minimum atomic E-state index is -1.15. The number of primary amides is 1. The van der Waals surface area contributed by atoms with Gasteiger partial charge in [0.1, 0.15) is 11.7 Å². The van der Waals surface area contributed by atoms with E-state index in [1.807, 2.05) is 24.3 Å². The molecule has 1 aromatic carbocycles. The van der Waals surface area contributed by atoms with Crippen LogP contribution in [0.25, 0.3) is 22.3 Å². The molecule has 0 radical (unpaired) electrons. The van der Waals surface area contributed by atoms with Crippen LogP contribution in [-0.2, 0) is 16.0 Å². The molecule has 0 fully saturated rings. The maximum atomic E-state index is 12.9. The van der Waals surface area contributed by atoms with Crippen molar-refractivity contribution >= 4 is 40.2 Å². The number of nitrogens with zero attached hydrogens (tertiary/aromatic N) is 3. The fourth-order valence-electron chi connectivity index (χ4n) is 3.14. The van der Waals surface area contributed by atoms with Crippen LogP contribution in [0.15, 0.2) is 54.9 Å². The molecule has 4 N–H and O–H groups in total. The first-order valence-electron chi connectivity index (χ1n) is 8.98. The number of ketones is 1. The number of nitrogens with two attached hydrogens (primary N) is 1. The van der Waals surface area contributed by atoms with Crippen LogP contribution in [-0.4, -0.2) is 42.4 Å². The molecule has 2 amide bonds. The number of carbonyl (C=O) groups is 3. The van der Waals surface area contributed by atoms with E-state index >= 15 is 0 Å². The summed E-state index contributed by atoms with van der Waals surface area (Å²) in [6.07, 6.45) is 3.41. The number of Topliss-reactive ketones (excluding diaryl/α,β-unsaturated/α-hetero) is 1. The average molecular weight is 420 g/mol. The normalized spacial score (nSPS) is 11.9. The van der Waals surface area contributed by atoms with Crippen molar-refractivity contribution in [2.45, 2.75) is 12.5 Å². The topological polar surface area (TPSA) is 144 Å². The summed E-state index contributed by atoms with van der Waals surface area (Å²) in [5.41, 5.74) is 7.67. The second-order valence-corrected chi connectivity index (χ2v) is 7.02. The van der Waals surface area contributed by atoms with E-state index in [2.05, 4.69) is 24.0 Å². The zero-order valence-corrected chi connectivity index (χ0v) is 16.3. The van der Waals surface area contributed by atoms with Gasteiger partial charge >= 0.3 is 0 Å². The number of rotatable bonds is 7. The van der Waals surface area contributed by atoms with Crippen LogP contribution in [0.3, 0.4) is 0 Å². The lowest BCUT2D eigenvalue weighted by Gasteiger charge is -2.15. The number of benzene rings is 1. The molecule has 4 aromatic rings. The van der Waals surface area contributed by atoms with Gasteiger partial charge in [-0.15, -0.1) is 0 Å². The number of fused-ring (bicyclic) bond motifs is 1. The fraction of sp³-hybridized carbons (Fsp3) is 0.100. The number of para-hydroxylation sites is 1. The Balaban J connectivity index is 1.62. The number of hydrogen-bond donors (Lipinski definition) is 3. The number of hydrogen-bond acceptors (Lipinski definition) is 7. The minimum Gasteiger partial charge on any atom is -0.363 e. The van der Waals surface area contributed by atoms with Gasteiger partial charge in [-0.25, -0.2) is 0 Å². The summed E-state index contributed by atoms with van der Waals surface area (Å²) in [6.45, 7) is 0. The van der Waals surface area contributed by atoms with Gasteiger partial charge in [-0.05, 0) is 23.8 Å². The Kier molecular flexibility index (Phi) is 5.31. The Labute approximate surface area is 174 Å². The van der Waals surface area contributed by atoms with E-state index in [4.69, 9.17) is 5.73 Å². The van der Waals surface area contributed by atoms with Gasteiger partial charge in [0, 0.05) is 29.7 Å². The molecular weight excluding hydrogens is 404 g/mol. The van der Waals surface area contributed by atoms with Gasteiger partial charge < -0.3 is 16.0 Å². The number of aromatic amines is 1. The lowest BCUT2D eigenvalue weighted by Crippen LogP contribution is -2.47. The highest BCUT2D eigenvalue weighted by Gasteiger charge is 2.29. The molecule has 3 heterocycles. The summed E-state index contributed by atoms with van der Waals surface area (Å²) in [4.78, 5) is 44.2. The second kappa shape index (κ2) is 8.21. The lowest BCUT2D eigenvalue weighted by atomic mass is 10.0. The van der Waals surface area contributed by atoms with Crippen molar-refractivity contribution < 1.29 is 14.4 Å². The number of amides is 2. The molecule has 0 spiro atoms. The number of H-pyrrole nitrogens is 1. The predicted octanol–water partition coefficient (Wildman–Crippen LogP) is 1.48. The molecule has 9 nitrogen and oxygen atoms in total. The number of carbonyl (C=O) groups excluding carboxylic acids is 3. The van der Waals surface area contributed by atoms with E-state index < -0.39 is 23.6 Å². The Bertz CT molecular complexity index is 1230.